The second kappa shape index (κ2) is 10.8. The van der Waals surface area contributed by atoms with Crippen molar-refractivity contribution in [1.82, 2.24) is 24.8 Å². The summed E-state index contributed by atoms with van der Waals surface area (Å²) in [6.45, 7) is 7.51. The molecule has 6 rings (SSSR count). The van der Waals surface area contributed by atoms with Gasteiger partial charge in [-0.1, -0.05) is 47.5 Å². The van der Waals surface area contributed by atoms with Crippen molar-refractivity contribution in [3.05, 3.63) is 75.1 Å². The van der Waals surface area contributed by atoms with Crippen LogP contribution in [0, 0.1) is 0 Å². The molecular formula is C30H30Cl2N6O4. The van der Waals surface area contributed by atoms with Crippen LogP contribution in [0.25, 0.3) is 22.6 Å². The number of anilines is 1. The second-order valence-electron chi connectivity index (χ2n) is 11.3. The number of nitrogens with one attached hydrogen (secondary N) is 2. The van der Waals surface area contributed by atoms with E-state index in [0.29, 0.717) is 70.1 Å². The summed E-state index contributed by atoms with van der Waals surface area (Å²) in [7, 11) is 1.79. The normalized spacial score (nSPS) is 14.5. The van der Waals surface area contributed by atoms with Gasteiger partial charge in [0.25, 0.3) is 5.91 Å². The maximum Gasteiger partial charge on any atom is 0.410 e. The van der Waals surface area contributed by atoms with Crippen LogP contribution in [-0.2, 0) is 37.8 Å². The highest BCUT2D eigenvalue weighted by atomic mass is 35.5. The summed E-state index contributed by atoms with van der Waals surface area (Å²) < 4.78 is 13.2. The van der Waals surface area contributed by atoms with Gasteiger partial charge >= 0.3 is 6.09 Å². The standard InChI is InChI=1S/C30H30Cl2N6O4/c1-30(2,3)42-29(40)38-12-11-22-21(15-38)34-26(37(22)4)27(39)35-19-10-6-8-17(25(19)32)16-7-5-9-18(24(16)31)28-36-20-13-33-14-23(20)41-28/h5-10,33H,11-15H2,1-4H3,(H,35,39). The number of amides is 2. The number of carbonyl (C=O) groups excluding carboxylic acids is 2. The van der Waals surface area contributed by atoms with E-state index in [2.05, 4.69) is 20.6 Å². The van der Waals surface area contributed by atoms with Crippen molar-refractivity contribution < 1.29 is 18.7 Å². The van der Waals surface area contributed by atoms with Gasteiger partial charge in [-0.25, -0.2) is 14.8 Å². The molecule has 10 nitrogen and oxygen atoms in total. The van der Waals surface area contributed by atoms with Crippen LogP contribution >= 0.6 is 23.2 Å². The lowest BCUT2D eigenvalue weighted by Crippen LogP contribution is -2.40. The van der Waals surface area contributed by atoms with Crippen molar-refractivity contribution in [2.75, 3.05) is 11.9 Å². The molecule has 0 fully saturated rings. The molecule has 2 aromatic carbocycles. The molecule has 2 amide bonds. The van der Waals surface area contributed by atoms with Crippen molar-refractivity contribution >= 4 is 40.9 Å². The number of aromatic nitrogens is 3. The third-order valence-corrected chi connectivity index (χ3v) is 8.05. The van der Waals surface area contributed by atoms with E-state index in [4.69, 9.17) is 32.4 Å². The van der Waals surface area contributed by atoms with Crippen LogP contribution in [0.15, 0.2) is 40.8 Å². The minimum Gasteiger partial charge on any atom is -0.444 e. The lowest BCUT2D eigenvalue weighted by atomic mass is 10.0. The molecule has 12 heteroatoms. The van der Waals surface area contributed by atoms with E-state index in [1.165, 1.54) is 0 Å². The highest BCUT2D eigenvalue weighted by Gasteiger charge is 2.30. The lowest BCUT2D eigenvalue weighted by Gasteiger charge is -2.29. The number of hydrogen-bond acceptors (Lipinski definition) is 7. The number of rotatable bonds is 4. The number of ether oxygens (including phenoxy) is 1. The Balaban J connectivity index is 1.24. The fourth-order valence-electron chi connectivity index (χ4n) is 5.20. The average molecular weight is 610 g/mol. The van der Waals surface area contributed by atoms with Crippen molar-refractivity contribution in [2.45, 2.75) is 52.4 Å². The molecule has 0 radical (unpaired) electrons. The van der Waals surface area contributed by atoms with Gasteiger partial charge in [-0.15, -0.1) is 0 Å². The molecule has 0 unspecified atom stereocenters. The number of imidazole rings is 1. The summed E-state index contributed by atoms with van der Waals surface area (Å²) in [5.74, 6) is 1.07. The number of hydrogen-bond donors (Lipinski definition) is 2. The number of halogens is 2. The number of nitrogens with zero attached hydrogens (tertiary/aromatic N) is 4. The summed E-state index contributed by atoms with van der Waals surface area (Å²) in [6.07, 6.45) is 0.153. The Morgan fingerprint density at radius 2 is 1.71 bits per heavy atom. The van der Waals surface area contributed by atoms with Gasteiger partial charge in [0.05, 0.1) is 45.8 Å². The van der Waals surface area contributed by atoms with Crippen molar-refractivity contribution in [3.8, 4) is 22.6 Å². The summed E-state index contributed by atoms with van der Waals surface area (Å²) in [5.41, 5.74) is 4.25. The van der Waals surface area contributed by atoms with E-state index in [1.807, 2.05) is 45.0 Å². The molecule has 0 bridgehead atoms. The maximum atomic E-state index is 13.4. The molecule has 218 valence electrons. The van der Waals surface area contributed by atoms with E-state index in [0.717, 1.165) is 17.1 Å². The van der Waals surface area contributed by atoms with Gasteiger partial charge in [-0.3, -0.25) is 4.79 Å². The number of fused-ring (bicyclic) bond motifs is 2. The van der Waals surface area contributed by atoms with Gasteiger partial charge < -0.3 is 29.3 Å². The molecule has 4 aromatic rings. The van der Waals surface area contributed by atoms with E-state index >= 15 is 0 Å². The minimum atomic E-state index is -0.598. The van der Waals surface area contributed by atoms with Crippen LogP contribution in [-0.4, -0.2) is 43.6 Å². The molecule has 0 saturated heterocycles. The molecule has 0 spiro atoms. The first-order valence-corrected chi connectivity index (χ1v) is 14.4. The predicted octanol–water partition coefficient (Wildman–Crippen LogP) is 6.20. The van der Waals surface area contributed by atoms with Crippen molar-refractivity contribution in [2.24, 2.45) is 7.05 Å². The maximum absolute atomic E-state index is 13.4. The van der Waals surface area contributed by atoms with Gasteiger partial charge in [0, 0.05) is 43.4 Å². The zero-order chi connectivity index (χ0) is 29.8. The molecule has 2 aliphatic heterocycles. The van der Waals surface area contributed by atoms with E-state index in [1.54, 1.807) is 28.6 Å². The van der Waals surface area contributed by atoms with Crippen LogP contribution < -0.4 is 10.6 Å². The van der Waals surface area contributed by atoms with Crippen LogP contribution in [0.5, 0.6) is 0 Å². The van der Waals surface area contributed by atoms with Crippen LogP contribution in [0.2, 0.25) is 10.0 Å². The molecule has 4 heterocycles. The Morgan fingerprint density at radius 1 is 1.00 bits per heavy atom. The summed E-state index contributed by atoms with van der Waals surface area (Å²) in [4.78, 5) is 36.8. The first-order chi connectivity index (χ1) is 20.0. The van der Waals surface area contributed by atoms with Gasteiger partial charge in [0.15, 0.2) is 5.82 Å². The zero-order valence-electron chi connectivity index (χ0n) is 23.7. The van der Waals surface area contributed by atoms with Crippen LogP contribution in [0.4, 0.5) is 10.5 Å². The predicted molar refractivity (Wildman–Crippen MR) is 159 cm³/mol. The first-order valence-electron chi connectivity index (χ1n) is 13.6. The zero-order valence-corrected chi connectivity index (χ0v) is 25.2. The summed E-state index contributed by atoms with van der Waals surface area (Å²) >= 11 is 13.7. The number of benzene rings is 2. The quantitative estimate of drug-likeness (QED) is 0.283. The third kappa shape index (κ3) is 5.26. The topological polar surface area (TPSA) is 115 Å². The van der Waals surface area contributed by atoms with Crippen LogP contribution in [0.1, 0.15) is 54.2 Å². The Bertz CT molecular complexity index is 1700. The Hall–Kier alpha value is -3.86. The average Bonchev–Trinajstić information content (AvgIpc) is 3.63. The minimum absolute atomic E-state index is 0.221. The van der Waals surface area contributed by atoms with Gasteiger partial charge in [0.2, 0.25) is 5.89 Å². The lowest BCUT2D eigenvalue weighted by molar-refractivity contribution is 0.0220. The molecule has 0 atom stereocenters. The van der Waals surface area contributed by atoms with Crippen LogP contribution in [0.3, 0.4) is 0 Å². The molecular weight excluding hydrogens is 579 g/mol. The SMILES string of the molecule is Cn1c(C(=O)Nc2cccc(-c3cccc(-c4nc5c(o4)CNC5)c3Cl)c2Cl)nc2c1CCN(C(=O)OC(C)(C)C)C2. The summed E-state index contributed by atoms with van der Waals surface area (Å²) in [6, 6.07) is 10.9. The van der Waals surface area contributed by atoms with E-state index < -0.39 is 17.6 Å². The van der Waals surface area contributed by atoms with E-state index in [-0.39, 0.29) is 12.4 Å². The smallest absolute Gasteiger partial charge is 0.410 e. The molecule has 0 saturated carbocycles. The highest BCUT2D eigenvalue weighted by molar-refractivity contribution is 6.39. The Morgan fingerprint density at radius 3 is 2.45 bits per heavy atom. The van der Waals surface area contributed by atoms with Gasteiger partial charge in [-0.05, 0) is 32.9 Å². The second-order valence-corrected chi connectivity index (χ2v) is 12.1. The van der Waals surface area contributed by atoms with Gasteiger partial charge in [0.1, 0.15) is 11.4 Å². The number of carbonyl (C=O) groups is 2. The number of oxazole rings is 1. The Labute approximate surface area is 253 Å². The molecule has 2 aliphatic rings. The Kier molecular flexibility index (Phi) is 7.24. The molecule has 42 heavy (non-hydrogen) atoms. The van der Waals surface area contributed by atoms with E-state index in [9.17, 15) is 9.59 Å². The third-order valence-electron chi connectivity index (χ3n) is 7.23. The largest absolute Gasteiger partial charge is 0.444 e. The molecule has 0 aliphatic carbocycles. The first kappa shape index (κ1) is 28.3. The molecule has 2 N–H and O–H groups in total. The molecule has 2 aromatic heterocycles. The van der Waals surface area contributed by atoms with Crippen molar-refractivity contribution in [3.63, 3.8) is 0 Å². The highest BCUT2D eigenvalue weighted by Crippen LogP contribution is 2.41. The summed E-state index contributed by atoms with van der Waals surface area (Å²) in [5, 5.41) is 6.88. The van der Waals surface area contributed by atoms with Crippen molar-refractivity contribution in [1.29, 1.82) is 0 Å². The fourth-order valence-corrected chi connectivity index (χ4v) is 5.79. The monoisotopic (exact) mass is 608 g/mol. The fraction of sp³-hybridized carbons (Fsp3) is 0.333. The van der Waals surface area contributed by atoms with Gasteiger partial charge in [-0.2, -0.15) is 0 Å².